The highest BCUT2D eigenvalue weighted by molar-refractivity contribution is 7.93. The molecule has 3 amide bonds. The van der Waals surface area contributed by atoms with Gasteiger partial charge in [0, 0.05) is 47.5 Å². The molecule has 1 aromatic heterocycles. The molecule has 3 N–H and O–H groups in total. The van der Waals surface area contributed by atoms with Crippen LogP contribution >= 0.6 is 0 Å². The van der Waals surface area contributed by atoms with E-state index in [-0.39, 0.29) is 30.6 Å². The lowest BCUT2D eigenvalue weighted by Gasteiger charge is -2.27. The van der Waals surface area contributed by atoms with Crippen LogP contribution in [0.25, 0.3) is 10.9 Å². The highest BCUT2D eigenvalue weighted by atomic mass is 32.2. The van der Waals surface area contributed by atoms with E-state index in [9.17, 15) is 27.6 Å². The van der Waals surface area contributed by atoms with Crippen LogP contribution in [0.5, 0.6) is 5.75 Å². The molecule has 0 unspecified atom stereocenters. The number of Topliss-reactive ketones (excluding diaryl/α,β-unsaturated/α-hetero) is 1. The summed E-state index contributed by atoms with van der Waals surface area (Å²) in [5, 5.41) is 5.11. The molecule has 2 heterocycles. The van der Waals surface area contributed by atoms with Gasteiger partial charge in [-0.15, -0.1) is 0 Å². The third-order valence-corrected chi connectivity index (χ3v) is 6.87. The minimum absolute atomic E-state index is 0.0660. The Kier molecular flexibility index (Phi) is 9.31. The van der Waals surface area contributed by atoms with E-state index >= 15 is 0 Å². The number of ketones is 1. The van der Waals surface area contributed by atoms with Crippen molar-refractivity contribution in [1.82, 2.24) is 20.7 Å². The predicted molar refractivity (Wildman–Crippen MR) is 142 cm³/mol. The van der Waals surface area contributed by atoms with Crippen LogP contribution in [0.3, 0.4) is 0 Å². The second-order valence-corrected chi connectivity index (χ2v) is 11.8. The van der Waals surface area contributed by atoms with Gasteiger partial charge in [-0.1, -0.05) is 19.9 Å². The van der Waals surface area contributed by atoms with Crippen LogP contribution in [0.15, 0.2) is 35.7 Å². The number of hydrogen-bond acceptors (Lipinski definition) is 7. The van der Waals surface area contributed by atoms with Crippen molar-refractivity contribution < 1.29 is 32.3 Å². The molecule has 1 aliphatic heterocycles. The van der Waals surface area contributed by atoms with Crippen molar-refractivity contribution in [2.45, 2.75) is 33.1 Å². The molecular weight excluding hydrogens is 512 g/mol. The number of aromatic amines is 1. The summed E-state index contributed by atoms with van der Waals surface area (Å²) in [5.41, 5.74) is 3.60. The molecule has 1 aliphatic rings. The molecule has 0 radical (unpaired) electrons. The highest BCUT2D eigenvalue weighted by Gasteiger charge is 2.31. The number of sulfone groups is 1. The van der Waals surface area contributed by atoms with Crippen LogP contribution in [-0.4, -0.2) is 68.4 Å². The van der Waals surface area contributed by atoms with Crippen LogP contribution in [0.1, 0.15) is 43.6 Å². The molecule has 1 saturated heterocycles. The molecule has 38 heavy (non-hydrogen) atoms. The molecule has 2 aromatic rings. The number of nitrogens with one attached hydrogen (secondary N) is 3. The first-order valence-electron chi connectivity index (χ1n) is 12.3. The molecular formula is C26H34N4O7S. The number of benzene rings is 1. The summed E-state index contributed by atoms with van der Waals surface area (Å²) in [6.45, 7) is 4.14. The fourth-order valence-corrected chi connectivity index (χ4v) is 4.73. The topological polar surface area (TPSA) is 155 Å². The van der Waals surface area contributed by atoms with Crippen molar-refractivity contribution in [3.05, 3.63) is 41.4 Å². The lowest BCUT2D eigenvalue weighted by molar-refractivity contribution is -0.141. The Morgan fingerprint density at radius 3 is 2.61 bits per heavy atom. The molecule has 0 saturated carbocycles. The van der Waals surface area contributed by atoms with E-state index in [1.165, 1.54) is 0 Å². The van der Waals surface area contributed by atoms with E-state index in [2.05, 4.69) is 15.7 Å². The van der Waals surface area contributed by atoms with Gasteiger partial charge in [-0.25, -0.2) is 13.4 Å². The lowest BCUT2D eigenvalue weighted by Crippen LogP contribution is -2.51. The van der Waals surface area contributed by atoms with Crippen molar-refractivity contribution >= 4 is 44.2 Å². The molecule has 0 aliphatic carbocycles. The van der Waals surface area contributed by atoms with Gasteiger partial charge in [0.15, 0.2) is 15.6 Å². The zero-order valence-electron chi connectivity index (χ0n) is 21.9. The van der Waals surface area contributed by atoms with Crippen molar-refractivity contribution in [1.29, 1.82) is 0 Å². The Bertz CT molecular complexity index is 1350. The van der Waals surface area contributed by atoms with Crippen LogP contribution in [0, 0.1) is 17.8 Å². The predicted octanol–water partition coefficient (Wildman–Crippen LogP) is 1.97. The fourth-order valence-electron chi connectivity index (χ4n) is 4.37. The van der Waals surface area contributed by atoms with Crippen LogP contribution in [0.4, 0.5) is 0 Å². The van der Waals surface area contributed by atoms with Gasteiger partial charge in [0.1, 0.15) is 5.75 Å². The number of H-pyrrole nitrogens is 1. The summed E-state index contributed by atoms with van der Waals surface area (Å²) in [6, 6.07) is 7.09. The number of fused-ring (bicyclic) bond motifs is 1. The van der Waals surface area contributed by atoms with Gasteiger partial charge in [-0.2, -0.15) is 0 Å². The zero-order valence-corrected chi connectivity index (χ0v) is 22.8. The number of amides is 3. The molecule has 11 nitrogen and oxygen atoms in total. The van der Waals surface area contributed by atoms with E-state index in [0.29, 0.717) is 30.8 Å². The summed E-state index contributed by atoms with van der Waals surface area (Å²) in [5.74, 6) is -2.56. The van der Waals surface area contributed by atoms with Gasteiger partial charge in [-0.05, 0) is 37.0 Å². The first-order chi connectivity index (χ1) is 17.9. The largest absolute Gasteiger partial charge is 0.496 e. The highest BCUT2D eigenvalue weighted by Crippen LogP contribution is 2.27. The van der Waals surface area contributed by atoms with Gasteiger partial charge >= 0.3 is 0 Å². The Hall–Kier alpha value is -3.67. The number of nitrogens with zero attached hydrogens (tertiary/aromatic N) is 1. The number of carbonyl (C=O) groups is 4. The summed E-state index contributed by atoms with van der Waals surface area (Å²) in [4.78, 5) is 54.6. The second-order valence-electron chi connectivity index (χ2n) is 9.89. The van der Waals surface area contributed by atoms with Gasteiger partial charge in [-0.3, -0.25) is 24.6 Å². The van der Waals surface area contributed by atoms with Crippen LogP contribution < -0.4 is 15.5 Å². The Balaban J connectivity index is 1.81. The number of hydrogen-bond donors (Lipinski definition) is 3. The lowest BCUT2D eigenvalue weighted by atomic mass is 9.91. The first kappa shape index (κ1) is 28.9. The minimum atomic E-state index is -3.59. The minimum Gasteiger partial charge on any atom is -0.496 e. The van der Waals surface area contributed by atoms with Gasteiger partial charge in [0.2, 0.25) is 11.8 Å². The fraction of sp³-hybridized carbons (Fsp3) is 0.462. The molecule has 1 fully saturated rings. The Morgan fingerprint density at radius 1 is 1.26 bits per heavy atom. The standard InChI is InChI=1S/C26H34N4O7S/c1-16(2)12-18(13-22(31)21-14-19-20(28-21)6-5-7-23(19)37-3)26(34)29-30(15-17-8-10-27-25(17)33)24(32)9-11-38(4,35)36/h5-7,9,11,14,16-18,28H,8,10,12-13,15H2,1-4H3,(H,27,33)(H,29,34)/b11-9+/t17-,18+/m0/s1. The molecule has 2 atom stereocenters. The van der Waals surface area contributed by atoms with E-state index in [1.807, 2.05) is 19.9 Å². The second kappa shape index (κ2) is 12.2. The number of rotatable bonds is 11. The summed E-state index contributed by atoms with van der Waals surface area (Å²) in [6.07, 6.45) is 2.49. The number of methoxy groups -OCH3 is 1. The molecule has 0 bridgehead atoms. The maximum absolute atomic E-state index is 13.4. The van der Waals surface area contributed by atoms with Crippen molar-refractivity contribution in [2.75, 3.05) is 26.5 Å². The number of ether oxygens (including phenoxy) is 1. The van der Waals surface area contributed by atoms with Crippen molar-refractivity contribution in [2.24, 2.45) is 17.8 Å². The molecule has 0 spiro atoms. The van der Waals surface area contributed by atoms with E-state index < -0.39 is 33.5 Å². The monoisotopic (exact) mass is 546 g/mol. The first-order valence-corrected chi connectivity index (χ1v) is 14.3. The van der Waals surface area contributed by atoms with Gasteiger partial charge in [0.25, 0.3) is 5.91 Å². The molecule has 1 aromatic carbocycles. The summed E-state index contributed by atoms with van der Waals surface area (Å²) >= 11 is 0. The molecule has 12 heteroatoms. The van der Waals surface area contributed by atoms with Gasteiger partial charge in [0.05, 0.1) is 25.3 Å². The maximum atomic E-state index is 13.4. The Labute approximate surface area is 221 Å². The van der Waals surface area contributed by atoms with Crippen LogP contribution in [-0.2, 0) is 24.2 Å². The number of hydrazine groups is 1. The smallest absolute Gasteiger partial charge is 0.265 e. The SMILES string of the molecule is COc1cccc2[nH]c(C(=O)C[C@@H](CC(C)C)C(=O)NN(C[C@@H]3CCNC3=O)C(=O)/C=C/S(C)(=O)=O)cc12. The maximum Gasteiger partial charge on any atom is 0.265 e. The number of carbonyl (C=O) groups excluding carboxylic acids is 4. The Morgan fingerprint density at radius 2 is 2.00 bits per heavy atom. The summed E-state index contributed by atoms with van der Waals surface area (Å²) < 4.78 is 28.4. The normalized spacial score (nSPS) is 16.6. The van der Waals surface area contributed by atoms with Crippen molar-refractivity contribution in [3.63, 3.8) is 0 Å². The number of aromatic nitrogens is 1. The summed E-state index contributed by atoms with van der Waals surface area (Å²) in [7, 11) is -2.05. The quantitative estimate of drug-likeness (QED) is 0.221. The third-order valence-electron chi connectivity index (χ3n) is 6.24. The molecule has 3 rings (SSSR count). The average molecular weight is 547 g/mol. The average Bonchev–Trinajstić information content (AvgIpc) is 3.46. The van der Waals surface area contributed by atoms with E-state index in [1.54, 1.807) is 25.3 Å². The van der Waals surface area contributed by atoms with Gasteiger partial charge < -0.3 is 15.0 Å². The van der Waals surface area contributed by atoms with Crippen molar-refractivity contribution in [3.8, 4) is 5.75 Å². The zero-order chi connectivity index (χ0) is 28.0. The molecule has 206 valence electrons. The third kappa shape index (κ3) is 7.67. The van der Waals surface area contributed by atoms with Crippen LogP contribution in [0.2, 0.25) is 0 Å². The van der Waals surface area contributed by atoms with E-state index in [0.717, 1.165) is 33.7 Å². The van der Waals surface area contributed by atoms with E-state index in [4.69, 9.17) is 4.74 Å².